The summed E-state index contributed by atoms with van der Waals surface area (Å²) >= 11 is 0. The maximum absolute atomic E-state index is 11.5. The highest BCUT2D eigenvalue weighted by molar-refractivity contribution is 5.90. The molecular formula is C16H24N2O2. The van der Waals surface area contributed by atoms with Crippen LogP contribution in [0.4, 0.5) is 5.69 Å². The Morgan fingerprint density at radius 3 is 2.90 bits per heavy atom. The van der Waals surface area contributed by atoms with Crippen molar-refractivity contribution in [1.82, 2.24) is 4.90 Å². The van der Waals surface area contributed by atoms with Gasteiger partial charge in [-0.15, -0.1) is 0 Å². The SMILES string of the molecule is CCC1CCCCN1Cc1ccc(C(=O)OC)cc1N. The monoisotopic (exact) mass is 276 g/mol. The predicted molar refractivity (Wildman–Crippen MR) is 80.5 cm³/mol. The van der Waals surface area contributed by atoms with Crippen molar-refractivity contribution in [2.75, 3.05) is 19.4 Å². The number of anilines is 1. The van der Waals surface area contributed by atoms with Crippen molar-refractivity contribution in [3.05, 3.63) is 29.3 Å². The van der Waals surface area contributed by atoms with Crippen LogP contribution in [-0.4, -0.2) is 30.6 Å². The van der Waals surface area contributed by atoms with Crippen LogP contribution in [0.2, 0.25) is 0 Å². The van der Waals surface area contributed by atoms with E-state index in [0.717, 1.165) is 18.7 Å². The third kappa shape index (κ3) is 3.31. The maximum atomic E-state index is 11.5. The van der Waals surface area contributed by atoms with Gasteiger partial charge in [0.05, 0.1) is 12.7 Å². The lowest BCUT2D eigenvalue weighted by atomic mass is 9.98. The third-order valence-corrected chi connectivity index (χ3v) is 4.16. The van der Waals surface area contributed by atoms with Crippen LogP contribution in [0.1, 0.15) is 48.5 Å². The van der Waals surface area contributed by atoms with Crippen molar-refractivity contribution >= 4 is 11.7 Å². The lowest BCUT2D eigenvalue weighted by molar-refractivity contribution is 0.0600. The van der Waals surface area contributed by atoms with Gasteiger partial charge in [-0.05, 0) is 43.5 Å². The Hall–Kier alpha value is -1.55. The number of ether oxygens (including phenoxy) is 1. The Balaban J connectivity index is 2.11. The standard InChI is InChI=1S/C16H24N2O2/c1-3-14-6-4-5-9-18(14)11-13-8-7-12(10-15(13)17)16(19)20-2/h7-8,10,14H,3-6,9,11,17H2,1-2H3. The van der Waals surface area contributed by atoms with E-state index in [2.05, 4.69) is 11.8 Å². The van der Waals surface area contributed by atoms with Crippen molar-refractivity contribution in [2.24, 2.45) is 0 Å². The smallest absolute Gasteiger partial charge is 0.337 e. The van der Waals surface area contributed by atoms with E-state index in [0.29, 0.717) is 17.3 Å². The van der Waals surface area contributed by atoms with Crippen LogP contribution in [0.25, 0.3) is 0 Å². The van der Waals surface area contributed by atoms with Gasteiger partial charge in [-0.3, -0.25) is 4.90 Å². The van der Waals surface area contributed by atoms with Crippen LogP contribution < -0.4 is 5.73 Å². The molecule has 0 aliphatic carbocycles. The molecule has 4 heteroatoms. The molecule has 0 radical (unpaired) electrons. The van der Waals surface area contributed by atoms with Gasteiger partial charge in [0, 0.05) is 18.3 Å². The molecule has 1 aromatic carbocycles. The van der Waals surface area contributed by atoms with Crippen LogP contribution >= 0.6 is 0 Å². The average Bonchev–Trinajstić information content (AvgIpc) is 2.49. The van der Waals surface area contributed by atoms with Gasteiger partial charge in [-0.25, -0.2) is 4.79 Å². The Bertz CT molecular complexity index is 474. The van der Waals surface area contributed by atoms with Crippen LogP contribution in [0.5, 0.6) is 0 Å². The number of methoxy groups -OCH3 is 1. The van der Waals surface area contributed by atoms with Gasteiger partial charge in [0.25, 0.3) is 0 Å². The molecule has 0 saturated carbocycles. The molecule has 1 fully saturated rings. The minimum atomic E-state index is -0.340. The first-order valence-corrected chi connectivity index (χ1v) is 7.36. The molecule has 4 nitrogen and oxygen atoms in total. The molecule has 0 bridgehead atoms. The maximum Gasteiger partial charge on any atom is 0.337 e. The zero-order chi connectivity index (χ0) is 14.5. The van der Waals surface area contributed by atoms with E-state index in [1.54, 1.807) is 12.1 Å². The van der Waals surface area contributed by atoms with Crippen LogP contribution in [-0.2, 0) is 11.3 Å². The van der Waals surface area contributed by atoms with Gasteiger partial charge in [-0.1, -0.05) is 19.4 Å². The van der Waals surface area contributed by atoms with E-state index < -0.39 is 0 Å². The number of piperidine rings is 1. The lowest BCUT2D eigenvalue weighted by Gasteiger charge is -2.35. The van der Waals surface area contributed by atoms with Crippen molar-refractivity contribution in [2.45, 2.75) is 45.2 Å². The Morgan fingerprint density at radius 2 is 2.25 bits per heavy atom. The van der Waals surface area contributed by atoms with Crippen LogP contribution in [0.15, 0.2) is 18.2 Å². The number of hydrogen-bond donors (Lipinski definition) is 1. The Kier molecular flexibility index (Phi) is 5.01. The molecule has 1 unspecified atom stereocenters. The Labute approximate surface area is 120 Å². The number of rotatable bonds is 4. The number of hydrogen-bond acceptors (Lipinski definition) is 4. The fourth-order valence-corrected chi connectivity index (χ4v) is 2.93. The number of likely N-dealkylation sites (tertiary alicyclic amines) is 1. The summed E-state index contributed by atoms with van der Waals surface area (Å²) < 4.78 is 4.71. The molecule has 1 saturated heterocycles. The highest BCUT2D eigenvalue weighted by Crippen LogP contribution is 2.24. The molecule has 0 aromatic heterocycles. The minimum Gasteiger partial charge on any atom is -0.465 e. The van der Waals surface area contributed by atoms with Crippen molar-refractivity contribution in [3.63, 3.8) is 0 Å². The molecule has 1 aromatic rings. The van der Waals surface area contributed by atoms with E-state index in [-0.39, 0.29) is 5.97 Å². The van der Waals surface area contributed by atoms with E-state index >= 15 is 0 Å². The summed E-state index contributed by atoms with van der Waals surface area (Å²) in [7, 11) is 1.38. The lowest BCUT2D eigenvalue weighted by Crippen LogP contribution is -2.38. The summed E-state index contributed by atoms with van der Waals surface area (Å²) in [6.45, 7) is 4.25. The van der Waals surface area contributed by atoms with Crippen LogP contribution in [0, 0.1) is 0 Å². The second-order valence-corrected chi connectivity index (χ2v) is 5.43. The summed E-state index contributed by atoms with van der Waals surface area (Å²) in [5, 5.41) is 0. The summed E-state index contributed by atoms with van der Waals surface area (Å²) in [5.41, 5.74) is 8.37. The van der Waals surface area contributed by atoms with E-state index in [9.17, 15) is 4.79 Å². The summed E-state index contributed by atoms with van der Waals surface area (Å²) in [6.07, 6.45) is 5.04. The molecule has 1 atom stereocenters. The second-order valence-electron chi connectivity index (χ2n) is 5.43. The van der Waals surface area contributed by atoms with Crippen LogP contribution in [0.3, 0.4) is 0 Å². The molecule has 2 N–H and O–H groups in total. The van der Waals surface area contributed by atoms with E-state index in [1.165, 1.54) is 32.8 Å². The number of carbonyl (C=O) groups is 1. The highest BCUT2D eigenvalue weighted by Gasteiger charge is 2.21. The number of nitrogens with two attached hydrogens (primary N) is 1. The number of esters is 1. The molecule has 1 heterocycles. The van der Waals surface area contributed by atoms with Gasteiger partial charge in [0.1, 0.15) is 0 Å². The zero-order valence-electron chi connectivity index (χ0n) is 12.4. The van der Waals surface area contributed by atoms with Gasteiger partial charge in [0.15, 0.2) is 0 Å². The van der Waals surface area contributed by atoms with Crippen molar-refractivity contribution < 1.29 is 9.53 Å². The van der Waals surface area contributed by atoms with Gasteiger partial charge < -0.3 is 10.5 Å². The molecule has 2 rings (SSSR count). The van der Waals surface area contributed by atoms with Gasteiger partial charge in [0.2, 0.25) is 0 Å². The van der Waals surface area contributed by atoms with E-state index in [1.807, 2.05) is 6.07 Å². The second kappa shape index (κ2) is 6.75. The van der Waals surface area contributed by atoms with Crippen molar-refractivity contribution in [3.8, 4) is 0 Å². The summed E-state index contributed by atoms with van der Waals surface area (Å²) in [4.78, 5) is 14.0. The normalized spacial score (nSPS) is 19.8. The average molecular weight is 276 g/mol. The zero-order valence-corrected chi connectivity index (χ0v) is 12.4. The Morgan fingerprint density at radius 1 is 1.45 bits per heavy atom. The number of nitrogen functional groups attached to an aromatic ring is 1. The summed E-state index contributed by atoms with van der Waals surface area (Å²) in [6, 6.07) is 6.11. The number of nitrogens with zero attached hydrogens (tertiary/aromatic N) is 1. The molecule has 1 aliphatic heterocycles. The number of benzene rings is 1. The molecule has 0 amide bonds. The quantitative estimate of drug-likeness (QED) is 0.678. The fourth-order valence-electron chi connectivity index (χ4n) is 2.93. The largest absolute Gasteiger partial charge is 0.465 e. The first-order chi connectivity index (χ1) is 9.65. The molecule has 20 heavy (non-hydrogen) atoms. The highest BCUT2D eigenvalue weighted by atomic mass is 16.5. The predicted octanol–water partition coefficient (Wildman–Crippen LogP) is 2.82. The molecule has 1 aliphatic rings. The summed E-state index contributed by atoms with van der Waals surface area (Å²) in [5.74, 6) is -0.340. The molecule has 110 valence electrons. The topological polar surface area (TPSA) is 55.6 Å². The number of carbonyl (C=O) groups excluding carboxylic acids is 1. The molecular weight excluding hydrogens is 252 g/mol. The van der Waals surface area contributed by atoms with Crippen molar-refractivity contribution in [1.29, 1.82) is 0 Å². The fraction of sp³-hybridized carbons (Fsp3) is 0.562. The van der Waals surface area contributed by atoms with Gasteiger partial charge >= 0.3 is 5.97 Å². The first kappa shape index (κ1) is 14.9. The minimum absolute atomic E-state index is 0.340. The van der Waals surface area contributed by atoms with E-state index in [4.69, 9.17) is 10.5 Å². The van der Waals surface area contributed by atoms with Gasteiger partial charge in [-0.2, -0.15) is 0 Å². The molecule has 0 spiro atoms. The first-order valence-electron chi connectivity index (χ1n) is 7.36. The third-order valence-electron chi connectivity index (χ3n) is 4.16.